The molecule has 1 aliphatic heterocycles. The number of hydrogen-bond acceptors (Lipinski definition) is 4. The number of nitrogens with one attached hydrogen (secondary N) is 1. The van der Waals surface area contributed by atoms with Crippen molar-refractivity contribution in [3.63, 3.8) is 0 Å². The van der Waals surface area contributed by atoms with Crippen LogP contribution in [0.25, 0.3) is 11.1 Å². The summed E-state index contributed by atoms with van der Waals surface area (Å²) >= 11 is 0. The molecule has 0 aliphatic carbocycles. The van der Waals surface area contributed by atoms with E-state index in [1.807, 2.05) is 61.3 Å². The van der Waals surface area contributed by atoms with Crippen molar-refractivity contribution in [2.75, 3.05) is 19.6 Å². The van der Waals surface area contributed by atoms with Gasteiger partial charge in [-0.3, -0.25) is 19.7 Å². The largest absolute Gasteiger partial charge is 0.339 e. The summed E-state index contributed by atoms with van der Waals surface area (Å²) in [4.78, 5) is 34.5. The van der Waals surface area contributed by atoms with Crippen molar-refractivity contribution in [3.05, 3.63) is 71.8 Å². The summed E-state index contributed by atoms with van der Waals surface area (Å²) < 4.78 is 0. The van der Waals surface area contributed by atoms with Gasteiger partial charge in [-0.1, -0.05) is 51.1 Å². The van der Waals surface area contributed by atoms with Crippen LogP contribution in [0.5, 0.6) is 0 Å². The summed E-state index contributed by atoms with van der Waals surface area (Å²) in [7, 11) is 0. The van der Waals surface area contributed by atoms with Gasteiger partial charge in [-0.15, -0.1) is 0 Å². The molecule has 7 heteroatoms. The summed E-state index contributed by atoms with van der Waals surface area (Å²) in [6.45, 7) is 7.92. The van der Waals surface area contributed by atoms with Gasteiger partial charge in [0, 0.05) is 44.1 Å². The number of amides is 2. The highest BCUT2D eigenvalue weighted by Crippen LogP contribution is 2.23. The van der Waals surface area contributed by atoms with E-state index in [1.54, 1.807) is 17.2 Å². The van der Waals surface area contributed by atoms with Gasteiger partial charge >= 0.3 is 0 Å². The number of piperazine rings is 1. The van der Waals surface area contributed by atoms with E-state index in [-0.39, 0.29) is 17.7 Å². The molecular weight excluding hydrogens is 414 g/mol. The molecular formula is C26H31N5O2. The molecule has 3 heterocycles. The van der Waals surface area contributed by atoms with Gasteiger partial charge in [-0.05, 0) is 41.2 Å². The first-order valence-electron chi connectivity index (χ1n) is 11.6. The maximum Gasteiger partial charge on any atom is 0.275 e. The van der Waals surface area contributed by atoms with Crippen LogP contribution in [0.3, 0.4) is 0 Å². The van der Waals surface area contributed by atoms with Crippen molar-refractivity contribution in [1.29, 1.82) is 0 Å². The fourth-order valence-electron chi connectivity index (χ4n) is 4.25. The van der Waals surface area contributed by atoms with Gasteiger partial charge in [-0.25, -0.2) is 0 Å². The number of nitrogens with zero attached hydrogens (tertiary/aromatic N) is 4. The Hall–Kier alpha value is -3.48. The van der Waals surface area contributed by atoms with Crippen LogP contribution in [-0.4, -0.2) is 62.5 Å². The molecule has 0 bridgehead atoms. The first kappa shape index (κ1) is 22.7. The normalized spacial score (nSPS) is 16.5. The Kier molecular flexibility index (Phi) is 6.87. The lowest BCUT2D eigenvalue weighted by Gasteiger charge is -2.40. The summed E-state index contributed by atoms with van der Waals surface area (Å²) in [6.07, 6.45) is 4.95. The molecule has 1 fully saturated rings. The molecule has 1 atom stereocenters. The number of benzene rings is 1. The van der Waals surface area contributed by atoms with Gasteiger partial charge in [0.15, 0.2) is 0 Å². The summed E-state index contributed by atoms with van der Waals surface area (Å²) in [5, 5.41) is 7.19. The van der Waals surface area contributed by atoms with Crippen LogP contribution in [0.1, 0.15) is 54.9 Å². The molecule has 7 nitrogen and oxygen atoms in total. The molecule has 2 aromatic heterocycles. The van der Waals surface area contributed by atoms with E-state index >= 15 is 0 Å². The lowest BCUT2D eigenvalue weighted by Crippen LogP contribution is -2.59. The molecule has 172 valence electrons. The van der Waals surface area contributed by atoms with Crippen molar-refractivity contribution in [1.82, 2.24) is 25.0 Å². The quantitative estimate of drug-likeness (QED) is 0.598. The van der Waals surface area contributed by atoms with E-state index in [9.17, 15) is 9.59 Å². The van der Waals surface area contributed by atoms with Crippen LogP contribution in [0.15, 0.2) is 54.9 Å². The molecule has 33 heavy (non-hydrogen) atoms. The van der Waals surface area contributed by atoms with Gasteiger partial charge in [0.1, 0.15) is 11.7 Å². The second kappa shape index (κ2) is 9.98. The first-order chi connectivity index (χ1) is 16.0. The summed E-state index contributed by atoms with van der Waals surface area (Å²) in [6, 6.07) is 13.3. The minimum Gasteiger partial charge on any atom is -0.339 e. The van der Waals surface area contributed by atoms with Crippen molar-refractivity contribution < 1.29 is 9.59 Å². The second-order valence-corrected chi connectivity index (χ2v) is 8.85. The zero-order valence-electron chi connectivity index (χ0n) is 19.5. The van der Waals surface area contributed by atoms with E-state index in [0.29, 0.717) is 31.7 Å². The highest BCUT2D eigenvalue weighted by atomic mass is 16.2. The SMILES string of the molecule is CCCN1CCN(C(=O)c2cc(C(C)C)[nH]n2)[C@H](Cc2ccc(-c3cccnc3)cc2)C1=O. The van der Waals surface area contributed by atoms with E-state index in [4.69, 9.17) is 0 Å². The Labute approximate surface area is 194 Å². The third-order valence-corrected chi connectivity index (χ3v) is 6.15. The van der Waals surface area contributed by atoms with Crippen LogP contribution < -0.4 is 0 Å². The van der Waals surface area contributed by atoms with Crippen molar-refractivity contribution in [3.8, 4) is 11.1 Å². The van der Waals surface area contributed by atoms with E-state index in [1.165, 1.54) is 0 Å². The Morgan fingerprint density at radius 2 is 1.94 bits per heavy atom. The first-order valence-corrected chi connectivity index (χ1v) is 11.6. The molecule has 1 saturated heterocycles. The van der Waals surface area contributed by atoms with Gasteiger partial charge in [0.2, 0.25) is 5.91 Å². The monoisotopic (exact) mass is 445 g/mol. The Morgan fingerprint density at radius 1 is 1.15 bits per heavy atom. The van der Waals surface area contributed by atoms with Gasteiger partial charge in [0.25, 0.3) is 5.91 Å². The van der Waals surface area contributed by atoms with Gasteiger partial charge < -0.3 is 9.80 Å². The van der Waals surface area contributed by atoms with Crippen molar-refractivity contribution >= 4 is 11.8 Å². The van der Waals surface area contributed by atoms with Crippen molar-refractivity contribution in [2.24, 2.45) is 0 Å². The van der Waals surface area contributed by atoms with Gasteiger partial charge in [-0.2, -0.15) is 5.10 Å². The lowest BCUT2D eigenvalue weighted by atomic mass is 9.98. The highest BCUT2D eigenvalue weighted by molar-refractivity contribution is 5.97. The lowest BCUT2D eigenvalue weighted by molar-refractivity contribution is -0.140. The number of H-pyrrole nitrogens is 1. The van der Waals surface area contributed by atoms with Crippen LogP contribution >= 0.6 is 0 Å². The second-order valence-electron chi connectivity index (χ2n) is 8.85. The number of aromatic amines is 1. The fraction of sp³-hybridized carbons (Fsp3) is 0.385. The summed E-state index contributed by atoms with van der Waals surface area (Å²) in [5.41, 5.74) is 4.41. The summed E-state index contributed by atoms with van der Waals surface area (Å²) in [5.74, 6) is 0.0586. The number of carbonyl (C=O) groups is 2. The number of rotatable bonds is 7. The zero-order chi connectivity index (χ0) is 23.4. The van der Waals surface area contributed by atoms with E-state index < -0.39 is 6.04 Å². The maximum atomic E-state index is 13.4. The molecule has 1 N–H and O–H groups in total. The topological polar surface area (TPSA) is 82.2 Å². The number of carbonyl (C=O) groups excluding carboxylic acids is 2. The van der Waals surface area contributed by atoms with Crippen LogP contribution in [0.2, 0.25) is 0 Å². The Morgan fingerprint density at radius 3 is 2.58 bits per heavy atom. The molecule has 0 radical (unpaired) electrons. The third kappa shape index (κ3) is 4.97. The maximum absolute atomic E-state index is 13.4. The smallest absolute Gasteiger partial charge is 0.275 e. The highest BCUT2D eigenvalue weighted by Gasteiger charge is 2.38. The number of aromatic nitrogens is 3. The molecule has 4 rings (SSSR count). The molecule has 0 unspecified atom stereocenters. The average molecular weight is 446 g/mol. The minimum atomic E-state index is -0.541. The molecule has 1 aliphatic rings. The zero-order valence-corrected chi connectivity index (χ0v) is 19.5. The molecule has 0 saturated carbocycles. The van der Waals surface area contributed by atoms with Crippen LogP contribution in [-0.2, 0) is 11.2 Å². The minimum absolute atomic E-state index is 0.00686. The molecule has 1 aromatic carbocycles. The predicted octanol–water partition coefficient (Wildman–Crippen LogP) is 3.90. The standard InChI is InChI=1S/C26H31N5O2/c1-4-12-30-13-14-31(25(32)23-16-22(18(2)3)28-29-23)24(26(30)33)15-19-7-9-20(10-8-19)21-6-5-11-27-17-21/h5-11,16-18,24H,4,12-15H2,1-3H3,(H,28,29)/t24-/m1/s1. The third-order valence-electron chi connectivity index (χ3n) is 6.15. The van der Waals surface area contributed by atoms with Gasteiger partial charge in [0.05, 0.1) is 0 Å². The van der Waals surface area contributed by atoms with E-state index in [0.717, 1.165) is 28.8 Å². The van der Waals surface area contributed by atoms with Crippen LogP contribution in [0, 0.1) is 0 Å². The molecule has 0 spiro atoms. The Bertz CT molecular complexity index is 1090. The number of pyridine rings is 1. The molecule has 2 amide bonds. The van der Waals surface area contributed by atoms with E-state index in [2.05, 4.69) is 22.1 Å². The van der Waals surface area contributed by atoms with Crippen molar-refractivity contribution in [2.45, 2.75) is 45.6 Å². The predicted molar refractivity (Wildman–Crippen MR) is 128 cm³/mol. The Balaban J connectivity index is 1.57. The fourth-order valence-corrected chi connectivity index (χ4v) is 4.25. The molecule has 3 aromatic rings. The number of hydrogen-bond donors (Lipinski definition) is 1. The average Bonchev–Trinajstić information content (AvgIpc) is 3.33. The van der Waals surface area contributed by atoms with Crippen LogP contribution in [0.4, 0.5) is 0 Å².